The number of nitrogen functional groups attached to an aromatic ring is 1. The van der Waals surface area contributed by atoms with Gasteiger partial charge in [-0.15, -0.1) is 12.4 Å². The molecule has 0 spiro atoms. The molecule has 0 fully saturated rings. The molecule has 2 aromatic carbocycles. The van der Waals surface area contributed by atoms with Crippen LogP contribution in [0.4, 0.5) is 5.82 Å². The molecule has 0 bridgehead atoms. The number of rotatable bonds is 19. The number of carbonyl (C=O) groups excluding carboxylic acids is 2. The van der Waals surface area contributed by atoms with Crippen molar-refractivity contribution < 1.29 is 37.4 Å². The Morgan fingerprint density at radius 2 is 1.33 bits per heavy atom. The van der Waals surface area contributed by atoms with Crippen molar-refractivity contribution in [2.24, 2.45) is 11.5 Å². The lowest BCUT2D eigenvalue weighted by molar-refractivity contribution is -0.146. The molecule has 6 N–H and O–H groups in total. The van der Waals surface area contributed by atoms with E-state index in [4.69, 9.17) is 40.5 Å². The summed E-state index contributed by atoms with van der Waals surface area (Å²) in [5, 5.41) is 0. The van der Waals surface area contributed by atoms with E-state index in [-0.39, 0.29) is 44.7 Å². The quantitative estimate of drug-likeness (QED) is 0.0726. The fraction of sp³-hybridized carbons (Fsp3) is 0.387. The molecule has 3 atom stereocenters. The van der Waals surface area contributed by atoms with Gasteiger partial charge in [0.05, 0.1) is 32.2 Å². The summed E-state index contributed by atoms with van der Waals surface area (Å²) in [4.78, 5) is 37.1. The Labute approximate surface area is 284 Å². The number of benzene rings is 2. The fourth-order valence-electron chi connectivity index (χ4n) is 4.45. The van der Waals surface area contributed by atoms with E-state index in [2.05, 4.69) is 15.0 Å². The highest BCUT2D eigenvalue weighted by Gasteiger charge is 2.28. The van der Waals surface area contributed by atoms with Gasteiger partial charge in [-0.3, -0.25) is 14.2 Å². The van der Waals surface area contributed by atoms with E-state index in [1.54, 1.807) is 17.8 Å². The average molecular weight is 706 g/mol. The van der Waals surface area contributed by atoms with E-state index in [1.165, 1.54) is 6.33 Å². The summed E-state index contributed by atoms with van der Waals surface area (Å²) in [6.45, 7) is 1.07. The summed E-state index contributed by atoms with van der Waals surface area (Å²) < 4.78 is 42.8. The van der Waals surface area contributed by atoms with Crippen molar-refractivity contribution in [1.82, 2.24) is 19.5 Å². The Hall–Kier alpha value is -3.95. The zero-order valence-corrected chi connectivity index (χ0v) is 28.2. The number of ether oxygens (including phenoxy) is 3. The normalized spacial score (nSPS) is 13.3. The average Bonchev–Trinajstić information content (AvgIpc) is 3.48. The first-order valence-electron chi connectivity index (χ1n) is 15.0. The summed E-state index contributed by atoms with van der Waals surface area (Å²) in [7, 11) is -3.93. The lowest BCUT2D eigenvalue weighted by Gasteiger charge is -2.21. The van der Waals surface area contributed by atoms with Crippen molar-refractivity contribution in [1.29, 1.82) is 0 Å². The second-order valence-electron chi connectivity index (χ2n) is 10.6. The summed E-state index contributed by atoms with van der Waals surface area (Å²) in [6, 6.07) is 16.8. The maximum absolute atomic E-state index is 13.7. The maximum Gasteiger partial charge on any atom is 0.356 e. The smallest absolute Gasteiger partial charge is 0.356 e. The van der Waals surface area contributed by atoms with Crippen LogP contribution in [0.3, 0.4) is 0 Å². The minimum Gasteiger partial charge on any atom is -0.462 e. The van der Waals surface area contributed by atoms with Crippen LogP contribution in [0.15, 0.2) is 73.3 Å². The van der Waals surface area contributed by atoms with Crippen molar-refractivity contribution in [3.63, 3.8) is 0 Å². The van der Waals surface area contributed by atoms with Gasteiger partial charge in [-0.05, 0) is 30.9 Å². The highest BCUT2D eigenvalue weighted by Crippen LogP contribution is 2.48. The highest BCUT2D eigenvalue weighted by atomic mass is 35.5. The standard InChI is InChI=1S/C31H40N7O8P.ClH/c1-22(18-38-20-37-27-28(34)35-19-36-29(27)38)44-21-47(41,45-14-12-42-30(39)25(32)16-23-8-4-2-5-9-23)46-15-13-43-31(40)26(33)17-24-10-6-3-7-11-24;/h2-11,19-20,22,25-26H,12-18,21,32-33H2,1H3,(H2,34,35,36);1H/t22-,25+,26+;/m1./s1. The molecule has 0 saturated carbocycles. The fourth-order valence-corrected chi connectivity index (χ4v) is 5.81. The molecule has 4 aromatic rings. The van der Waals surface area contributed by atoms with Gasteiger partial charge >= 0.3 is 19.5 Å². The van der Waals surface area contributed by atoms with Crippen LogP contribution in [0.1, 0.15) is 18.1 Å². The third kappa shape index (κ3) is 11.9. The summed E-state index contributed by atoms with van der Waals surface area (Å²) in [6.07, 6.45) is 2.54. The van der Waals surface area contributed by atoms with Crippen LogP contribution in [-0.4, -0.2) is 82.4 Å². The first-order chi connectivity index (χ1) is 22.6. The molecule has 2 heterocycles. The topological polar surface area (TPSA) is 219 Å². The van der Waals surface area contributed by atoms with Crippen LogP contribution >= 0.6 is 20.0 Å². The Morgan fingerprint density at radius 1 is 0.812 bits per heavy atom. The van der Waals surface area contributed by atoms with E-state index in [0.717, 1.165) is 11.1 Å². The molecule has 0 aliphatic heterocycles. The maximum atomic E-state index is 13.7. The Morgan fingerprint density at radius 3 is 1.85 bits per heavy atom. The first kappa shape index (κ1) is 38.5. The third-order valence-corrected chi connectivity index (χ3v) is 8.45. The molecule has 0 unspecified atom stereocenters. The number of esters is 2. The molecule has 0 amide bonds. The van der Waals surface area contributed by atoms with Crippen LogP contribution < -0.4 is 17.2 Å². The predicted molar refractivity (Wildman–Crippen MR) is 180 cm³/mol. The molecule has 4 rings (SSSR count). The molecular formula is C31H41ClN7O8P. The van der Waals surface area contributed by atoms with Crippen molar-refractivity contribution >= 4 is 48.9 Å². The largest absolute Gasteiger partial charge is 0.462 e. The lowest BCUT2D eigenvalue weighted by atomic mass is 10.1. The highest BCUT2D eigenvalue weighted by molar-refractivity contribution is 7.53. The van der Waals surface area contributed by atoms with E-state index in [1.807, 2.05) is 60.7 Å². The van der Waals surface area contributed by atoms with Crippen molar-refractivity contribution in [3.8, 4) is 0 Å². The number of halogens is 1. The second-order valence-corrected chi connectivity index (χ2v) is 12.6. The van der Waals surface area contributed by atoms with E-state index in [0.29, 0.717) is 30.6 Å². The molecule has 0 radical (unpaired) electrons. The minimum absolute atomic E-state index is 0. The number of fused-ring (bicyclic) bond motifs is 1. The summed E-state index contributed by atoms with van der Waals surface area (Å²) in [5.74, 6) is -1.01. The molecule has 0 aliphatic carbocycles. The van der Waals surface area contributed by atoms with E-state index >= 15 is 0 Å². The molecule has 0 saturated heterocycles. The molecule has 17 heteroatoms. The number of anilines is 1. The third-order valence-electron chi connectivity index (χ3n) is 6.83. The van der Waals surface area contributed by atoms with Crippen LogP contribution in [-0.2, 0) is 56.8 Å². The van der Waals surface area contributed by atoms with Gasteiger partial charge < -0.3 is 45.0 Å². The van der Waals surface area contributed by atoms with Gasteiger partial charge in [0.25, 0.3) is 0 Å². The number of hydrogen-bond donors (Lipinski definition) is 3. The second kappa shape index (κ2) is 19.1. The number of nitrogens with two attached hydrogens (primary N) is 3. The number of aromatic nitrogens is 4. The molecule has 260 valence electrons. The number of nitrogens with zero attached hydrogens (tertiary/aromatic N) is 4. The van der Waals surface area contributed by atoms with Gasteiger partial charge in [-0.25, -0.2) is 15.0 Å². The SMILES string of the molecule is C[C@H](Cn1cnc2c(N)ncnc21)OCP(=O)(OCCOC(=O)[C@@H](N)Cc1ccccc1)OCCOC(=O)[C@@H](N)Cc1ccccc1.Cl. The summed E-state index contributed by atoms with van der Waals surface area (Å²) in [5.41, 5.74) is 20.6. The van der Waals surface area contributed by atoms with Gasteiger partial charge in [0, 0.05) is 0 Å². The van der Waals surface area contributed by atoms with Gasteiger partial charge in [0.1, 0.15) is 43.5 Å². The lowest BCUT2D eigenvalue weighted by Crippen LogP contribution is -2.35. The Bertz CT molecular complexity index is 1560. The molecule has 2 aromatic heterocycles. The monoisotopic (exact) mass is 705 g/mol. The van der Waals surface area contributed by atoms with Gasteiger partial charge in [0.15, 0.2) is 11.5 Å². The van der Waals surface area contributed by atoms with Crippen molar-refractivity contribution in [2.45, 2.75) is 44.5 Å². The van der Waals surface area contributed by atoms with Crippen LogP contribution in [0.25, 0.3) is 11.2 Å². The molecule has 48 heavy (non-hydrogen) atoms. The van der Waals surface area contributed by atoms with E-state index < -0.39 is 44.1 Å². The van der Waals surface area contributed by atoms with Gasteiger partial charge in [-0.1, -0.05) is 60.7 Å². The zero-order chi connectivity index (χ0) is 33.6. The number of imidazole rings is 1. The molecule has 15 nitrogen and oxygen atoms in total. The zero-order valence-electron chi connectivity index (χ0n) is 26.5. The van der Waals surface area contributed by atoms with Gasteiger partial charge in [-0.2, -0.15) is 0 Å². The first-order valence-corrected chi connectivity index (χ1v) is 16.7. The van der Waals surface area contributed by atoms with Crippen LogP contribution in [0.5, 0.6) is 0 Å². The van der Waals surface area contributed by atoms with E-state index in [9.17, 15) is 14.2 Å². The predicted octanol–water partition coefficient (Wildman–Crippen LogP) is 2.65. The minimum atomic E-state index is -3.93. The van der Waals surface area contributed by atoms with Crippen LogP contribution in [0, 0.1) is 0 Å². The molecular weight excluding hydrogens is 665 g/mol. The van der Waals surface area contributed by atoms with Crippen molar-refractivity contribution in [3.05, 3.63) is 84.4 Å². The summed E-state index contributed by atoms with van der Waals surface area (Å²) >= 11 is 0. The van der Waals surface area contributed by atoms with Crippen molar-refractivity contribution in [2.75, 3.05) is 38.5 Å². The van der Waals surface area contributed by atoms with Gasteiger partial charge in [0.2, 0.25) is 0 Å². The Balaban J connectivity index is 0.00000625. The number of carbonyl (C=O) groups is 2. The number of hydrogen-bond acceptors (Lipinski definition) is 14. The molecule has 0 aliphatic rings. The van der Waals surface area contributed by atoms with Crippen LogP contribution in [0.2, 0.25) is 0 Å². The Kier molecular flexibility index (Phi) is 15.4.